The van der Waals surface area contributed by atoms with Gasteiger partial charge < -0.3 is 9.47 Å². The van der Waals surface area contributed by atoms with E-state index in [2.05, 4.69) is 151 Å². The lowest BCUT2D eigenvalue weighted by Gasteiger charge is -2.34. The summed E-state index contributed by atoms with van der Waals surface area (Å²) < 4.78 is 13.6. The van der Waals surface area contributed by atoms with Crippen molar-refractivity contribution in [3.8, 4) is 90.7 Å². The maximum Gasteiger partial charge on any atom is 0.178 e. The molecule has 63 heavy (non-hydrogen) atoms. The average Bonchev–Trinajstić information content (AvgIpc) is 3.68. The van der Waals surface area contributed by atoms with Crippen LogP contribution in [0.3, 0.4) is 0 Å². The quantitative estimate of drug-likeness (QED) is 0.160. The molecule has 2 aromatic heterocycles. The zero-order chi connectivity index (χ0) is 41.7. The van der Waals surface area contributed by atoms with Crippen molar-refractivity contribution in [1.82, 2.24) is 19.9 Å². The number of hydrogen-bond donors (Lipinski definition) is 0. The van der Waals surface area contributed by atoms with Gasteiger partial charge in [0.25, 0.3) is 0 Å². The Labute approximate surface area is 364 Å². The summed E-state index contributed by atoms with van der Waals surface area (Å²) in [6.45, 7) is 0. The topological polar surface area (TPSA) is 70.0 Å². The fourth-order valence-electron chi connectivity index (χ4n) is 9.26. The molecule has 0 atom stereocenters. The first-order chi connectivity index (χ1) is 31.2. The molecule has 0 fully saturated rings. The smallest absolute Gasteiger partial charge is 0.178 e. The summed E-state index contributed by atoms with van der Waals surface area (Å²) in [7, 11) is 0. The molecule has 1 aliphatic heterocycles. The standard InChI is InChI=1S/C57H36N4O2/c1-4-15-38(16-5-1)54-59-55(61-56(60-54)42-18-14-17-41(35-42)48-25-12-13-34-58-48)39-28-26-37(27-29-39)40-30-32-49-51(36-40)62-50-33-31-47-52(53(50)63-49)45-23-10-11-24-46(45)57(47,43-19-6-2-7-20-43)44-21-8-3-9-22-44/h1-36H. The van der Waals surface area contributed by atoms with Gasteiger partial charge in [-0.3, -0.25) is 4.98 Å². The molecule has 0 saturated carbocycles. The molecule has 0 spiro atoms. The average molecular weight is 809 g/mol. The van der Waals surface area contributed by atoms with Crippen LogP contribution in [0.25, 0.3) is 67.7 Å². The highest BCUT2D eigenvalue weighted by atomic mass is 16.6. The molecule has 0 amide bonds. The fourth-order valence-corrected chi connectivity index (χ4v) is 9.26. The maximum absolute atomic E-state index is 6.89. The number of hydrogen-bond acceptors (Lipinski definition) is 6. The molecule has 10 aromatic rings. The molecule has 8 aromatic carbocycles. The first kappa shape index (κ1) is 36.4. The number of pyridine rings is 1. The van der Waals surface area contributed by atoms with Gasteiger partial charge in [-0.2, -0.15) is 0 Å². The third-order valence-electron chi connectivity index (χ3n) is 12.1. The Bertz CT molecular complexity index is 3280. The van der Waals surface area contributed by atoms with Gasteiger partial charge in [0.05, 0.1) is 11.1 Å². The molecule has 0 unspecified atom stereocenters. The normalized spacial score (nSPS) is 12.8. The predicted molar refractivity (Wildman–Crippen MR) is 249 cm³/mol. The lowest BCUT2D eigenvalue weighted by molar-refractivity contribution is 0.360. The van der Waals surface area contributed by atoms with Gasteiger partial charge in [-0.1, -0.05) is 176 Å². The highest BCUT2D eigenvalue weighted by molar-refractivity contribution is 5.92. The Morgan fingerprint density at radius 1 is 0.349 bits per heavy atom. The zero-order valence-electron chi connectivity index (χ0n) is 33.9. The number of benzene rings is 8. The van der Waals surface area contributed by atoms with Gasteiger partial charge >= 0.3 is 0 Å². The Balaban J connectivity index is 0.888. The summed E-state index contributed by atoms with van der Waals surface area (Å²) in [5.74, 6) is 4.53. The van der Waals surface area contributed by atoms with Gasteiger partial charge in [0.2, 0.25) is 0 Å². The van der Waals surface area contributed by atoms with E-state index in [1.807, 2.05) is 66.7 Å². The molecule has 0 saturated heterocycles. The first-order valence-electron chi connectivity index (χ1n) is 21.0. The molecule has 12 rings (SSSR count). The number of aromatic nitrogens is 4. The molecule has 0 N–H and O–H groups in total. The van der Waals surface area contributed by atoms with E-state index < -0.39 is 5.41 Å². The van der Waals surface area contributed by atoms with Gasteiger partial charge in [0.1, 0.15) is 0 Å². The molecular weight excluding hydrogens is 773 g/mol. The van der Waals surface area contributed by atoms with E-state index >= 15 is 0 Å². The van der Waals surface area contributed by atoms with Crippen LogP contribution >= 0.6 is 0 Å². The lowest BCUT2D eigenvalue weighted by atomic mass is 9.68. The summed E-state index contributed by atoms with van der Waals surface area (Å²) in [6, 6.07) is 73.1. The molecule has 0 radical (unpaired) electrons. The summed E-state index contributed by atoms with van der Waals surface area (Å²) in [4.78, 5) is 19.5. The largest absolute Gasteiger partial charge is 0.449 e. The second-order valence-electron chi connectivity index (χ2n) is 15.8. The number of ether oxygens (including phenoxy) is 2. The van der Waals surface area contributed by atoms with Crippen molar-refractivity contribution in [3.05, 3.63) is 241 Å². The van der Waals surface area contributed by atoms with E-state index in [4.69, 9.17) is 24.4 Å². The third-order valence-corrected chi connectivity index (χ3v) is 12.1. The summed E-state index contributed by atoms with van der Waals surface area (Å²) in [6.07, 6.45) is 1.80. The van der Waals surface area contributed by atoms with Crippen LogP contribution in [0.4, 0.5) is 0 Å². The Kier molecular flexibility index (Phi) is 8.61. The van der Waals surface area contributed by atoms with Gasteiger partial charge in [0, 0.05) is 34.0 Å². The monoisotopic (exact) mass is 808 g/mol. The minimum atomic E-state index is -0.528. The molecule has 296 valence electrons. The highest BCUT2D eigenvalue weighted by Gasteiger charge is 2.48. The van der Waals surface area contributed by atoms with E-state index in [-0.39, 0.29) is 0 Å². The predicted octanol–water partition coefficient (Wildman–Crippen LogP) is 13.9. The van der Waals surface area contributed by atoms with Crippen molar-refractivity contribution < 1.29 is 9.47 Å². The molecule has 1 aliphatic carbocycles. The van der Waals surface area contributed by atoms with Crippen molar-refractivity contribution in [1.29, 1.82) is 0 Å². The van der Waals surface area contributed by atoms with Crippen molar-refractivity contribution in [2.24, 2.45) is 0 Å². The second kappa shape index (κ2) is 14.9. The minimum absolute atomic E-state index is 0.528. The highest BCUT2D eigenvalue weighted by Crippen LogP contribution is 2.62. The van der Waals surface area contributed by atoms with Crippen LogP contribution in [0.1, 0.15) is 22.3 Å². The lowest BCUT2D eigenvalue weighted by Crippen LogP contribution is -2.28. The molecule has 2 aliphatic rings. The second-order valence-corrected chi connectivity index (χ2v) is 15.8. The van der Waals surface area contributed by atoms with Gasteiger partial charge in [0.15, 0.2) is 40.5 Å². The van der Waals surface area contributed by atoms with Crippen LogP contribution in [-0.2, 0) is 5.41 Å². The summed E-state index contributed by atoms with van der Waals surface area (Å²) >= 11 is 0. The molecule has 3 heterocycles. The molecule has 6 nitrogen and oxygen atoms in total. The van der Waals surface area contributed by atoms with Crippen molar-refractivity contribution in [2.75, 3.05) is 0 Å². The van der Waals surface area contributed by atoms with Gasteiger partial charge in [-0.05, 0) is 75.3 Å². The Hall–Kier alpha value is -8.48. The van der Waals surface area contributed by atoms with E-state index in [0.29, 0.717) is 34.7 Å². The summed E-state index contributed by atoms with van der Waals surface area (Å²) in [5.41, 5.74) is 13.0. The Morgan fingerprint density at radius 3 is 1.63 bits per heavy atom. The first-order valence-corrected chi connectivity index (χ1v) is 21.0. The van der Waals surface area contributed by atoms with Crippen LogP contribution in [0.2, 0.25) is 0 Å². The maximum atomic E-state index is 6.89. The molecule has 6 heteroatoms. The molecule has 0 bridgehead atoms. The number of rotatable bonds is 7. The van der Waals surface area contributed by atoms with Gasteiger partial charge in [-0.15, -0.1) is 0 Å². The van der Waals surface area contributed by atoms with Crippen LogP contribution in [0, 0.1) is 0 Å². The van der Waals surface area contributed by atoms with Crippen molar-refractivity contribution in [2.45, 2.75) is 5.41 Å². The third kappa shape index (κ3) is 6.11. The van der Waals surface area contributed by atoms with Crippen LogP contribution in [0.5, 0.6) is 23.0 Å². The van der Waals surface area contributed by atoms with Crippen LogP contribution < -0.4 is 9.47 Å². The fraction of sp³-hybridized carbons (Fsp3) is 0.0175. The van der Waals surface area contributed by atoms with E-state index in [1.54, 1.807) is 6.20 Å². The summed E-state index contributed by atoms with van der Waals surface area (Å²) in [5, 5.41) is 0. The molecular formula is C57H36N4O2. The van der Waals surface area contributed by atoms with E-state index in [9.17, 15) is 0 Å². The van der Waals surface area contributed by atoms with Crippen molar-refractivity contribution in [3.63, 3.8) is 0 Å². The SMILES string of the molecule is c1ccc(-c2nc(-c3ccc(-c4ccc5c(c4)Oc4ccc6c(c4O5)-c4ccccc4C6(c4ccccc4)c4ccccc4)cc3)nc(-c3cccc(-c4ccccn4)c3)n2)cc1. The van der Waals surface area contributed by atoms with E-state index in [1.165, 1.54) is 22.3 Å². The van der Waals surface area contributed by atoms with Gasteiger partial charge in [-0.25, -0.2) is 15.0 Å². The Morgan fingerprint density at radius 2 is 0.921 bits per heavy atom. The number of nitrogens with zero attached hydrogens (tertiary/aromatic N) is 4. The van der Waals surface area contributed by atoms with Crippen molar-refractivity contribution >= 4 is 0 Å². The van der Waals surface area contributed by atoms with Crippen LogP contribution in [-0.4, -0.2) is 19.9 Å². The minimum Gasteiger partial charge on any atom is -0.449 e. The van der Waals surface area contributed by atoms with E-state index in [0.717, 1.165) is 56.0 Å². The van der Waals surface area contributed by atoms with Crippen LogP contribution in [0.15, 0.2) is 219 Å². The number of fused-ring (bicyclic) bond motifs is 6. The zero-order valence-corrected chi connectivity index (χ0v) is 33.9.